The zero-order chi connectivity index (χ0) is 15.4. The Labute approximate surface area is 139 Å². The lowest BCUT2D eigenvalue weighted by atomic mass is 10.1. The summed E-state index contributed by atoms with van der Waals surface area (Å²) in [4.78, 5) is 4.93. The number of aromatic nitrogens is 2. The van der Waals surface area contributed by atoms with Crippen molar-refractivity contribution >= 4 is 27.3 Å². The first-order valence-corrected chi connectivity index (χ1v) is 8.79. The Kier molecular flexibility index (Phi) is 5.98. The van der Waals surface area contributed by atoms with Gasteiger partial charge in [0.1, 0.15) is 0 Å². The van der Waals surface area contributed by atoms with E-state index in [0.29, 0.717) is 0 Å². The summed E-state index contributed by atoms with van der Waals surface area (Å²) in [5.41, 5.74) is 1.20. The van der Waals surface area contributed by atoms with Crippen LogP contribution in [0.1, 0.15) is 28.4 Å². The number of nitrogens with zero attached hydrogens (tertiary/aromatic N) is 3. The molecule has 0 bridgehead atoms. The van der Waals surface area contributed by atoms with Crippen molar-refractivity contribution in [2.75, 3.05) is 27.7 Å². The molecule has 116 valence electrons. The highest BCUT2D eigenvalue weighted by atomic mass is 79.9. The third kappa shape index (κ3) is 3.94. The van der Waals surface area contributed by atoms with E-state index in [-0.39, 0.29) is 6.04 Å². The molecule has 4 nitrogen and oxygen atoms in total. The average Bonchev–Trinajstić information content (AvgIpc) is 3.06. The van der Waals surface area contributed by atoms with Crippen LogP contribution in [-0.2, 0) is 13.0 Å². The maximum Gasteiger partial charge on any atom is 0.0851 e. The molecule has 0 spiro atoms. The molecule has 21 heavy (non-hydrogen) atoms. The van der Waals surface area contributed by atoms with E-state index in [0.717, 1.165) is 24.0 Å². The van der Waals surface area contributed by atoms with Crippen molar-refractivity contribution in [2.45, 2.75) is 25.9 Å². The van der Waals surface area contributed by atoms with E-state index in [1.54, 1.807) is 0 Å². The first-order chi connectivity index (χ1) is 10.1. The molecule has 0 aliphatic rings. The summed E-state index contributed by atoms with van der Waals surface area (Å²) < 4.78 is 3.16. The maximum absolute atomic E-state index is 4.52. The fourth-order valence-corrected chi connectivity index (χ4v) is 3.88. The Morgan fingerprint density at radius 1 is 1.43 bits per heavy atom. The third-order valence-corrected chi connectivity index (χ3v) is 5.38. The minimum absolute atomic E-state index is 0.175. The van der Waals surface area contributed by atoms with Gasteiger partial charge < -0.3 is 10.2 Å². The molecule has 1 atom stereocenters. The Morgan fingerprint density at radius 3 is 2.76 bits per heavy atom. The lowest BCUT2D eigenvalue weighted by molar-refractivity contribution is 0.366. The van der Waals surface area contributed by atoms with Gasteiger partial charge in [0.15, 0.2) is 0 Å². The molecule has 0 saturated carbocycles. The molecular weight excluding hydrogens is 348 g/mol. The van der Waals surface area contributed by atoms with Gasteiger partial charge in [0.25, 0.3) is 0 Å². The number of nitrogens with one attached hydrogen (secondary N) is 1. The van der Waals surface area contributed by atoms with Gasteiger partial charge in [-0.15, -0.1) is 11.3 Å². The van der Waals surface area contributed by atoms with Crippen molar-refractivity contribution in [3.8, 4) is 0 Å². The predicted molar refractivity (Wildman–Crippen MR) is 93.1 cm³/mol. The van der Waals surface area contributed by atoms with Gasteiger partial charge in [0, 0.05) is 16.3 Å². The van der Waals surface area contributed by atoms with E-state index >= 15 is 0 Å². The summed E-state index contributed by atoms with van der Waals surface area (Å²) in [7, 11) is 6.17. The fraction of sp³-hybridized carbons (Fsp3) is 0.533. The van der Waals surface area contributed by atoms with Crippen LogP contribution in [0.5, 0.6) is 0 Å². The van der Waals surface area contributed by atoms with Crippen molar-refractivity contribution in [2.24, 2.45) is 0 Å². The van der Waals surface area contributed by atoms with Crippen molar-refractivity contribution in [3.63, 3.8) is 0 Å². The highest BCUT2D eigenvalue weighted by Gasteiger charge is 2.22. The topological polar surface area (TPSA) is 33.1 Å². The molecule has 0 aromatic carbocycles. The lowest BCUT2D eigenvalue weighted by Gasteiger charge is -2.19. The quantitative estimate of drug-likeness (QED) is 0.812. The summed E-state index contributed by atoms with van der Waals surface area (Å²) in [5.74, 6) is 0. The van der Waals surface area contributed by atoms with Crippen molar-refractivity contribution in [1.82, 2.24) is 20.0 Å². The fourth-order valence-electron chi connectivity index (χ4n) is 2.29. The van der Waals surface area contributed by atoms with Crippen molar-refractivity contribution in [1.29, 1.82) is 0 Å². The van der Waals surface area contributed by atoms with E-state index in [9.17, 15) is 0 Å². The SMILES string of the molecule is CCc1ccc(C(NC)c2c(Br)cnn2CCN(C)C)s1. The molecule has 0 saturated heterocycles. The number of thiophene rings is 1. The lowest BCUT2D eigenvalue weighted by Crippen LogP contribution is -2.25. The van der Waals surface area contributed by atoms with Crippen LogP contribution >= 0.6 is 27.3 Å². The molecular formula is C15H23BrN4S. The number of rotatable bonds is 7. The molecule has 0 aliphatic carbocycles. The minimum Gasteiger partial charge on any atom is -0.308 e. The summed E-state index contributed by atoms with van der Waals surface area (Å²) in [5, 5.41) is 7.95. The highest BCUT2D eigenvalue weighted by molar-refractivity contribution is 9.10. The van der Waals surface area contributed by atoms with Gasteiger partial charge in [-0.3, -0.25) is 4.68 Å². The molecule has 0 fully saturated rings. The van der Waals surface area contributed by atoms with Crippen LogP contribution in [0.2, 0.25) is 0 Å². The molecule has 2 rings (SSSR count). The van der Waals surface area contributed by atoms with Gasteiger partial charge in [-0.25, -0.2) is 0 Å². The molecule has 1 unspecified atom stereocenters. The zero-order valence-corrected chi connectivity index (χ0v) is 15.5. The molecule has 6 heteroatoms. The van der Waals surface area contributed by atoms with Gasteiger partial charge in [0.05, 0.1) is 29.0 Å². The first kappa shape index (κ1) is 16.7. The summed E-state index contributed by atoms with van der Waals surface area (Å²) in [6.07, 6.45) is 2.98. The van der Waals surface area contributed by atoms with E-state index in [1.807, 2.05) is 24.6 Å². The second-order valence-corrected chi connectivity index (χ2v) is 7.34. The molecule has 2 aromatic heterocycles. The minimum atomic E-state index is 0.175. The standard InChI is InChI=1S/C15H23BrN4S/c1-5-11-6-7-13(21-11)14(17-2)15-12(16)10-18-20(15)9-8-19(3)4/h6-7,10,14,17H,5,8-9H2,1-4H3. The number of hydrogen-bond acceptors (Lipinski definition) is 4. The molecule has 2 aromatic rings. The van der Waals surface area contributed by atoms with Crippen LogP contribution in [0.25, 0.3) is 0 Å². The van der Waals surface area contributed by atoms with Crippen molar-refractivity contribution in [3.05, 3.63) is 38.3 Å². The predicted octanol–water partition coefficient (Wildman–Crippen LogP) is 3.14. The van der Waals surface area contributed by atoms with Gasteiger partial charge in [0.2, 0.25) is 0 Å². The summed E-state index contributed by atoms with van der Waals surface area (Å²) in [6, 6.07) is 4.62. The normalized spacial score (nSPS) is 13.0. The largest absolute Gasteiger partial charge is 0.308 e. The maximum atomic E-state index is 4.52. The van der Waals surface area contributed by atoms with E-state index in [2.05, 4.69) is 69.1 Å². The average molecular weight is 371 g/mol. The zero-order valence-electron chi connectivity index (χ0n) is 13.1. The Hall–Kier alpha value is -0.690. The first-order valence-electron chi connectivity index (χ1n) is 7.18. The van der Waals surface area contributed by atoms with Crippen LogP contribution < -0.4 is 5.32 Å². The monoisotopic (exact) mass is 370 g/mol. The van der Waals surface area contributed by atoms with Crippen molar-refractivity contribution < 1.29 is 0 Å². The molecule has 2 heterocycles. The summed E-state index contributed by atoms with van der Waals surface area (Å²) >= 11 is 5.53. The number of hydrogen-bond donors (Lipinski definition) is 1. The van der Waals surface area contributed by atoms with E-state index < -0.39 is 0 Å². The third-order valence-electron chi connectivity index (χ3n) is 3.47. The van der Waals surface area contributed by atoms with Crippen LogP contribution in [-0.4, -0.2) is 42.4 Å². The van der Waals surface area contributed by atoms with Gasteiger partial charge in [-0.05, 0) is 55.6 Å². The highest BCUT2D eigenvalue weighted by Crippen LogP contribution is 2.32. The Bertz CT molecular complexity index is 576. The molecule has 0 aliphatic heterocycles. The number of aryl methyl sites for hydroxylation is 1. The van der Waals surface area contributed by atoms with Crippen LogP contribution in [0.15, 0.2) is 22.8 Å². The van der Waals surface area contributed by atoms with E-state index in [1.165, 1.54) is 15.4 Å². The van der Waals surface area contributed by atoms with Gasteiger partial charge in [-0.1, -0.05) is 6.92 Å². The Morgan fingerprint density at radius 2 is 2.19 bits per heavy atom. The number of likely N-dealkylation sites (N-methyl/N-ethyl adjacent to an activating group) is 1. The molecule has 1 N–H and O–H groups in total. The van der Waals surface area contributed by atoms with Crippen LogP contribution in [0.4, 0.5) is 0 Å². The van der Waals surface area contributed by atoms with Crippen LogP contribution in [0.3, 0.4) is 0 Å². The molecule has 0 radical (unpaired) electrons. The van der Waals surface area contributed by atoms with Crippen LogP contribution in [0, 0.1) is 0 Å². The van der Waals surface area contributed by atoms with Gasteiger partial charge in [-0.2, -0.15) is 5.10 Å². The second-order valence-electron chi connectivity index (χ2n) is 5.28. The molecule has 0 amide bonds. The summed E-state index contributed by atoms with van der Waals surface area (Å²) in [6.45, 7) is 4.06. The second kappa shape index (κ2) is 7.54. The van der Waals surface area contributed by atoms with E-state index in [4.69, 9.17) is 0 Å². The Balaban J connectivity index is 2.30. The number of halogens is 1. The smallest absolute Gasteiger partial charge is 0.0851 e. The van der Waals surface area contributed by atoms with Gasteiger partial charge >= 0.3 is 0 Å².